The fourth-order valence-electron chi connectivity index (χ4n) is 3.02. The first-order valence-electron chi connectivity index (χ1n) is 9.78. The number of aryl methyl sites for hydroxylation is 2. The predicted octanol–water partition coefficient (Wildman–Crippen LogP) is 4.90. The highest BCUT2D eigenvalue weighted by atomic mass is 16.5. The summed E-state index contributed by atoms with van der Waals surface area (Å²) in [4.78, 5) is 23.8. The summed E-state index contributed by atoms with van der Waals surface area (Å²) < 4.78 is 7.42. The molecular formula is C25H25NO4. The van der Waals surface area contributed by atoms with E-state index in [2.05, 4.69) is 0 Å². The lowest BCUT2D eigenvalue weighted by atomic mass is 10.1. The van der Waals surface area contributed by atoms with Gasteiger partial charge in [0.1, 0.15) is 5.75 Å². The van der Waals surface area contributed by atoms with Crippen molar-refractivity contribution in [2.45, 2.75) is 33.4 Å². The van der Waals surface area contributed by atoms with Crippen LogP contribution in [-0.2, 0) is 11.3 Å². The summed E-state index contributed by atoms with van der Waals surface area (Å²) in [5.41, 5.74) is 4.18. The van der Waals surface area contributed by atoms with Crippen LogP contribution in [0.25, 0.3) is 6.08 Å². The number of carboxylic acid groups (broad SMARTS) is 1. The molecule has 0 fully saturated rings. The number of carbonyl (C=O) groups excluding carboxylic acids is 1. The zero-order valence-electron chi connectivity index (χ0n) is 17.3. The molecule has 0 aliphatic rings. The molecule has 0 spiro atoms. The van der Waals surface area contributed by atoms with Crippen molar-refractivity contribution in [2.24, 2.45) is 0 Å². The molecule has 0 saturated carbocycles. The number of nitrogens with zero attached hydrogens (tertiary/aromatic N) is 1. The Labute approximate surface area is 176 Å². The van der Waals surface area contributed by atoms with Crippen molar-refractivity contribution in [3.8, 4) is 5.75 Å². The van der Waals surface area contributed by atoms with E-state index in [1.807, 2.05) is 91.4 Å². The van der Waals surface area contributed by atoms with E-state index in [-0.39, 0.29) is 5.78 Å². The summed E-state index contributed by atoms with van der Waals surface area (Å²) in [6, 6.07) is 16.9. The molecule has 0 aliphatic heterocycles. The molecule has 1 atom stereocenters. The van der Waals surface area contributed by atoms with Gasteiger partial charge in [-0.2, -0.15) is 0 Å². The van der Waals surface area contributed by atoms with Gasteiger partial charge in [0.25, 0.3) is 0 Å². The van der Waals surface area contributed by atoms with E-state index >= 15 is 0 Å². The van der Waals surface area contributed by atoms with Gasteiger partial charge in [-0.3, -0.25) is 4.79 Å². The molecular weight excluding hydrogens is 378 g/mol. The van der Waals surface area contributed by atoms with Crippen molar-refractivity contribution in [3.63, 3.8) is 0 Å². The molecule has 3 rings (SSSR count). The van der Waals surface area contributed by atoms with Gasteiger partial charge in [0.2, 0.25) is 5.78 Å². The molecule has 0 bridgehead atoms. The van der Waals surface area contributed by atoms with E-state index in [9.17, 15) is 9.59 Å². The summed E-state index contributed by atoms with van der Waals surface area (Å²) in [6.07, 6.45) is 4.85. The minimum atomic E-state index is -1.01. The number of rotatable bonds is 8. The van der Waals surface area contributed by atoms with Gasteiger partial charge in [-0.05, 0) is 50.1 Å². The summed E-state index contributed by atoms with van der Waals surface area (Å²) in [5, 5.41) is 9.05. The van der Waals surface area contributed by atoms with Crippen LogP contribution in [0, 0.1) is 13.8 Å². The largest absolute Gasteiger partial charge is 0.479 e. The van der Waals surface area contributed by atoms with Crippen LogP contribution < -0.4 is 4.74 Å². The number of hydrogen-bond donors (Lipinski definition) is 1. The molecule has 1 heterocycles. The Bertz CT molecular complexity index is 1080. The number of aromatic nitrogens is 1. The second kappa shape index (κ2) is 9.27. The van der Waals surface area contributed by atoms with Crippen LogP contribution in [-0.4, -0.2) is 27.5 Å². The van der Waals surface area contributed by atoms with Crippen molar-refractivity contribution in [3.05, 3.63) is 94.8 Å². The molecule has 5 nitrogen and oxygen atoms in total. The highest BCUT2D eigenvalue weighted by molar-refractivity contribution is 6.08. The fourth-order valence-corrected chi connectivity index (χ4v) is 3.02. The topological polar surface area (TPSA) is 68.5 Å². The SMILES string of the molecule is Cc1ccc(C(=O)c2cccn2C/C=C/c2ccc(C)c(OC(C)C(=O)O)c2)cc1. The molecule has 0 aliphatic carbocycles. The average molecular weight is 403 g/mol. The van der Waals surface area contributed by atoms with E-state index in [0.29, 0.717) is 23.6 Å². The third kappa shape index (κ3) is 5.06. The smallest absolute Gasteiger partial charge is 0.344 e. The standard InChI is InChI=1S/C25H25NO4/c1-17-8-12-21(13-9-17)24(27)22-7-5-15-26(22)14-4-6-20-11-10-18(2)23(16-20)30-19(3)25(28)29/h4-13,15-16,19H,14H2,1-3H3,(H,28,29)/b6-4+. The molecule has 154 valence electrons. The second-order valence-corrected chi connectivity index (χ2v) is 7.27. The summed E-state index contributed by atoms with van der Waals surface area (Å²) >= 11 is 0. The van der Waals surface area contributed by atoms with Crippen molar-refractivity contribution >= 4 is 17.8 Å². The molecule has 30 heavy (non-hydrogen) atoms. The number of carboxylic acids is 1. The Morgan fingerprint density at radius 3 is 2.53 bits per heavy atom. The third-order valence-corrected chi connectivity index (χ3v) is 4.85. The second-order valence-electron chi connectivity index (χ2n) is 7.27. The van der Waals surface area contributed by atoms with Gasteiger partial charge >= 0.3 is 5.97 Å². The van der Waals surface area contributed by atoms with Gasteiger partial charge in [-0.1, -0.05) is 54.1 Å². The number of hydrogen-bond acceptors (Lipinski definition) is 3. The van der Waals surface area contributed by atoms with Gasteiger partial charge in [-0.15, -0.1) is 0 Å². The van der Waals surface area contributed by atoms with Crippen molar-refractivity contribution in [1.29, 1.82) is 0 Å². The van der Waals surface area contributed by atoms with Gasteiger partial charge in [0, 0.05) is 18.3 Å². The molecule has 1 unspecified atom stereocenters. The highest BCUT2D eigenvalue weighted by Gasteiger charge is 2.14. The Kier molecular flexibility index (Phi) is 6.52. The third-order valence-electron chi connectivity index (χ3n) is 4.85. The van der Waals surface area contributed by atoms with Gasteiger partial charge in [-0.25, -0.2) is 4.79 Å². The van der Waals surface area contributed by atoms with E-state index in [1.54, 1.807) is 0 Å². The van der Waals surface area contributed by atoms with E-state index in [0.717, 1.165) is 16.7 Å². The van der Waals surface area contributed by atoms with Crippen LogP contribution in [0.4, 0.5) is 0 Å². The first-order chi connectivity index (χ1) is 14.3. The van der Waals surface area contributed by atoms with E-state index in [4.69, 9.17) is 9.84 Å². The highest BCUT2D eigenvalue weighted by Crippen LogP contribution is 2.22. The van der Waals surface area contributed by atoms with Crippen molar-refractivity contribution in [2.75, 3.05) is 0 Å². The molecule has 2 aromatic carbocycles. The number of benzene rings is 2. The molecule has 3 aromatic rings. The first kappa shape index (κ1) is 21.1. The van der Waals surface area contributed by atoms with Crippen LogP contribution >= 0.6 is 0 Å². The lowest BCUT2D eigenvalue weighted by Crippen LogP contribution is -2.23. The Hall–Kier alpha value is -3.60. The minimum Gasteiger partial charge on any atom is -0.479 e. The molecule has 5 heteroatoms. The maximum absolute atomic E-state index is 12.8. The number of ketones is 1. The maximum atomic E-state index is 12.8. The lowest BCUT2D eigenvalue weighted by molar-refractivity contribution is -0.144. The first-order valence-corrected chi connectivity index (χ1v) is 9.78. The van der Waals surface area contributed by atoms with Crippen LogP contribution in [0.15, 0.2) is 66.9 Å². The normalized spacial score (nSPS) is 12.1. The number of carbonyl (C=O) groups is 2. The summed E-state index contributed by atoms with van der Waals surface area (Å²) in [7, 11) is 0. The molecule has 1 N–H and O–H groups in total. The van der Waals surface area contributed by atoms with Crippen LogP contribution in [0.5, 0.6) is 5.75 Å². The molecule has 1 aromatic heterocycles. The Morgan fingerprint density at radius 1 is 1.10 bits per heavy atom. The quantitative estimate of drug-likeness (QED) is 0.543. The van der Waals surface area contributed by atoms with Gasteiger partial charge in [0.05, 0.1) is 5.69 Å². The number of allylic oxidation sites excluding steroid dienone is 1. The summed E-state index contributed by atoms with van der Waals surface area (Å²) in [5.74, 6) is -0.473. The monoisotopic (exact) mass is 403 g/mol. The molecule has 0 amide bonds. The van der Waals surface area contributed by atoms with Crippen molar-refractivity contribution < 1.29 is 19.4 Å². The zero-order chi connectivity index (χ0) is 21.7. The zero-order valence-corrected chi connectivity index (χ0v) is 17.3. The predicted molar refractivity (Wildman–Crippen MR) is 117 cm³/mol. The van der Waals surface area contributed by atoms with E-state index in [1.165, 1.54) is 6.92 Å². The van der Waals surface area contributed by atoms with Crippen LogP contribution in [0.3, 0.4) is 0 Å². The van der Waals surface area contributed by atoms with Gasteiger partial charge in [0.15, 0.2) is 6.10 Å². The van der Waals surface area contributed by atoms with Gasteiger partial charge < -0.3 is 14.4 Å². The van der Waals surface area contributed by atoms with Crippen LogP contribution in [0.2, 0.25) is 0 Å². The Morgan fingerprint density at radius 2 is 1.83 bits per heavy atom. The fraction of sp³-hybridized carbons (Fsp3) is 0.200. The molecule has 0 radical (unpaired) electrons. The van der Waals surface area contributed by atoms with Crippen molar-refractivity contribution in [1.82, 2.24) is 4.57 Å². The summed E-state index contributed by atoms with van der Waals surface area (Å²) in [6.45, 7) is 5.91. The Balaban J connectivity index is 1.72. The van der Waals surface area contributed by atoms with Crippen LogP contribution in [0.1, 0.15) is 39.7 Å². The number of ether oxygens (including phenoxy) is 1. The lowest BCUT2D eigenvalue weighted by Gasteiger charge is -2.13. The minimum absolute atomic E-state index is 0.0120. The maximum Gasteiger partial charge on any atom is 0.344 e. The molecule has 0 saturated heterocycles. The number of aliphatic carboxylic acids is 1. The average Bonchev–Trinajstić information content (AvgIpc) is 3.18. The van der Waals surface area contributed by atoms with E-state index < -0.39 is 12.1 Å².